The predicted octanol–water partition coefficient (Wildman–Crippen LogP) is 6.43. The molecule has 0 unspecified atom stereocenters. The van der Waals surface area contributed by atoms with Crippen LogP contribution in [0.1, 0.15) is 43.4 Å². The Balaban J connectivity index is 1.33. The van der Waals surface area contributed by atoms with Crippen molar-refractivity contribution in [3.63, 3.8) is 0 Å². The Bertz CT molecular complexity index is 1130. The zero-order chi connectivity index (χ0) is 25.7. The maximum Gasteiger partial charge on any atom is 0.262 e. The molecule has 1 fully saturated rings. The van der Waals surface area contributed by atoms with E-state index in [4.69, 9.17) is 9.47 Å². The Labute approximate surface area is 213 Å². The van der Waals surface area contributed by atoms with Crippen molar-refractivity contribution in [2.75, 3.05) is 37.5 Å². The quantitative estimate of drug-likeness (QED) is 0.396. The van der Waals surface area contributed by atoms with Gasteiger partial charge in [-0.2, -0.15) is 0 Å². The molecule has 5 nitrogen and oxygen atoms in total. The van der Waals surface area contributed by atoms with Gasteiger partial charge in [0, 0.05) is 31.4 Å². The molecule has 0 aliphatic carbocycles. The summed E-state index contributed by atoms with van der Waals surface area (Å²) in [6.45, 7) is 4.98. The number of nitrogens with zero attached hydrogens (tertiary/aromatic N) is 1. The summed E-state index contributed by atoms with van der Waals surface area (Å²) >= 11 is 0. The first-order chi connectivity index (χ1) is 17.3. The standard InChI is InChI=1S/C30H35FN2O3/c1-20(2)28-17-23(21-5-9-24(31)10-6-21)18-36-30(28)22-7-15-27(16-8-22)35-19-29(34)32-25-11-13-26(14-12-25)33(3)4/h5-16,20,23,28,30H,17-19H2,1-4H3,(H,32,34)/t23-,28-,30-/m0/s1. The summed E-state index contributed by atoms with van der Waals surface area (Å²) in [5, 5.41) is 2.86. The van der Waals surface area contributed by atoms with Gasteiger partial charge in [0.2, 0.25) is 0 Å². The van der Waals surface area contributed by atoms with E-state index >= 15 is 0 Å². The fourth-order valence-electron chi connectivity index (χ4n) is 4.74. The Morgan fingerprint density at radius 2 is 1.64 bits per heavy atom. The number of halogens is 1. The van der Waals surface area contributed by atoms with Crippen molar-refractivity contribution in [3.05, 3.63) is 89.7 Å². The van der Waals surface area contributed by atoms with Gasteiger partial charge in [-0.3, -0.25) is 4.79 Å². The third-order valence-electron chi connectivity index (χ3n) is 6.87. The van der Waals surface area contributed by atoms with Crippen molar-refractivity contribution < 1.29 is 18.7 Å². The van der Waals surface area contributed by atoms with E-state index in [0.717, 1.165) is 28.9 Å². The smallest absolute Gasteiger partial charge is 0.262 e. The molecule has 1 saturated heterocycles. The minimum atomic E-state index is -0.216. The summed E-state index contributed by atoms with van der Waals surface area (Å²) in [5.41, 5.74) is 4.02. The molecule has 36 heavy (non-hydrogen) atoms. The van der Waals surface area contributed by atoms with Crippen LogP contribution in [0, 0.1) is 17.7 Å². The van der Waals surface area contributed by atoms with Crippen LogP contribution in [0.3, 0.4) is 0 Å². The molecule has 1 heterocycles. The van der Waals surface area contributed by atoms with Gasteiger partial charge in [0.25, 0.3) is 5.91 Å². The van der Waals surface area contributed by atoms with Crippen LogP contribution in [0.25, 0.3) is 0 Å². The number of nitrogens with one attached hydrogen (secondary N) is 1. The van der Waals surface area contributed by atoms with Crippen LogP contribution < -0.4 is 15.0 Å². The Hall–Kier alpha value is -3.38. The number of hydrogen-bond acceptors (Lipinski definition) is 4. The highest BCUT2D eigenvalue weighted by Gasteiger charge is 2.35. The predicted molar refractivity (Wildman–Crippen MR) is 142 cm³/mol. The molecule has 6 heteroatoms. The Kier molecular flexibility index (Phi) is 8.26. The van der Waals surface area contributed by atoms with Crippen molar-refractivity contribution in [2.45, 2.75) is 32.3 Å². The molecule has 0 spiro atoms. The zero-order valence-electron chi connectivity index (χ0n) is 21.4. The molecule has 0 saturated carbocycles. The van der Waals surface area contributed by atoms with E-state index in [1.807, 2.05) is 79.7 Å². The van der Waals surface area contributed by atoms with Gasteiger partial charge in [-0.1, -0.05) is 38.1 Å². The lowest BCUT2D eigenvalue weighted by molar-refractivity contribution is -0.118. The summed E-state index contributed by atoms with van der Waals surface area (Å²) < 4.78 is 25.4. The number of hydrogen-bond donors (Lipinski definition) is 1. The lowest BCUT2D eigenvalue weighted by atomic mass is 9.76. The number of rotatable bonds is 8. The minimum absolute atomic E-state index is 0.0100. The molecule has 0 radical (unpaired) electrons. The molecule has 4 rings (SSSR count). The largest absolute Gasteiger partial charge is 0.484 e. The second-order valence-corrected chi connectivity index (χ2v) is 9.99. The van der Waals surface area contributed by atoms with Gasteiger partial charge in [0.15, 0.2) is 6.61 Å². The number of amides is 1. The van der Waals surface area contributed by atoms with Gasteiger partial charge < -0.3 is 19.7 Å². The van der Waals surface area contributed by atoms with E-state index in [9.17, 15) is 9.18 Å². The number of carbonyl (C=O) groups excluding carboxylic acids is 1. The normalized spacial score (nSPS) is 19.7. The van der Waals surface area contributed by atoms with Crippen LogP contribution in [0.4, 0.5) is 15.8 Å². The van der Waals surface area contributed by atoms with E-state index in [0.29, 0.717) is 24.2 Å². The maximum absolute atomic E-state index is 13.3. The molecule has 1 aliphatic rings. The number of ether oxygens (including phenoxy) is 2. The third-order valence-corrected chi connectivity index (χ3v) is 6.87. The first-order valence-corrected chi connectivity index (χ1v) is 12.5. The molecule has 1 aliphatic heterocycles. The average molecular weight is 491 g/mol. The SMILES string of the molecule is CC(C)[C@@H]1C[C@H](c2ccc(F)cc2)CO[C@H]1c1ccc(OCC(=O)Nc2ccc(N(C)C)cc2)cc1. The molecule has 1 N–H and O–H groups in total. The van der Waals surface area contributed by atoms with Crippen molar-refractivity contribution in [1.82, 2.24) is 0 Å². The van der Waals surface area contributed by atoms with Gasteiger partial charge in [-0.15, -0.1) is 0 Å². The maximum atomic E-state index is 13.3. The van der Waals surface area contributed by atoms with Crippen LogP contribution >= 0.6 is 0 Å². The molecular formula is C30H35FN2O3. The van der Waals surface area contributed by atoms with Crippen molar-refractivity contribution >= 4 is 17.3 Å². The van der Waals surface area contributed by atoms with Crippen LogP contribution in [-0.4, -0.2) is 33.2 Å². The second kappa shape index (κ2) is 11.6. The van der Waals surface area contributed by atoms with Crippen molar-refractivity contribution in [2.24, 2.45) is 11.8 Å². The second-order valence-electron chi connectivity index (χ2n) is 9.99. The fraction of sp³-hybridized carbons (Fsp3) is 0.367. The highest BCUT2D eigenvalue weighted by atomic mass is 19.1. The minimum Gasteiger partial charge on any atom is -0.484 e. The molecule has 0 bridgehead atoms. The molecule has 190 valence electrons. The van der Waals surface area contributed by atoms with E-state index in [1.54, 1.807) is 0 Å². The van der Waals surface area contributed by atoms with Crippen LogP contribution in [0.5, 0.6) is 5.75 Å². The summed E-state index contributed by atoms with van der Waals surface area (Å²) in [4.78, 5) is 14.3. The third kappa shape index (κ3) is 6.43. The van der Waals surface area contributed by atoms with Crippen molar-refractivity contribution in [1.29, 1.82) is 0 Å². The number of anilines is 2. The molecule has 3 aromatic rings. The zero-order valence-corrected chi connectivity index (χ0v) is 21.4. The van der Waals surface area contributed by atoms with Crippen molar-refractivity contribution in [3.8, 4) is 5.75 Å². The van der Waals surface area contributed by atoms with Gasteiger partial charge in [-0.05, 0) is 77.9 Å². The topological polar surface area (TPSA) is 50.8 Å². The lowest BCUT2D eigenvalue weighted by Crippen LogP contribution is -2.31. The summed E-state index contributed by atoms with van der Waals surface area (Å²) in [6.07, 6.45) is 0.978. The molecular weight excluding hydrogens is 455 g/mol. The Morgan fingerprint density at radius 1 is 1.00 bits per heavy atom. The lowest BCUT2D eigenvalue weighted by Gasteiger charge is -2.39. The molecule has 3 atom stereocenters. The van der Waals surface area contributed by atoms with E-state index in [-0.39, 0.29) is 30.4 Å². The summed E-state index contributed by atoms with van der Waals surface area (Å²) in [6, 6.07) is 22.2. The highest BCUT2D eigenvalue weighted by molar-refractivity contribution is 5.92. The van der Waals surface area contributed by atoms with E-state index < -0.39 is 0 Å². The van der Waals surface area contributed by atoms with Crippen LogP contribution in [-0.2, 0) is 9.53 Å². The van der Waals surface area contributed by atoms with Crippen LogP contribution in [0.15, 0.2) is 72.8 Å². The summed E-state index contributed by atoms with van der Waals surface area (Å²) in [5.74, 6) is 1.24. The van der Waals surface area contributed by atoms with Gasteiger partial charge in [-0.25, -0.2) is 4.39 Å². The Morgan fingerprint density at radius 3 is 2.25 bits per heavy atom. The first-order valence-electron chi connectivity index (χ1n) is 12.5. The van der Waals surface area contributed by atoms with E-state index in [1.165, 1.54) is 12.1 Å². The first kappa shape index (κ1) is 25.7. The summed E-state index contributed by atoms with van der Waals surface area (Å²) in [7, 11) is 3.95. The van der Waals surface area contributed by atoms with Gasteiger partial charge >= 0.3 is 0 Å². The van der Waals surface area contributed by atoms with Crippen LogP contribution in [0.2, 0.25) is 0 Å². The molecule has 3 aromatic carbocycles. The highest BCUT2D eigenvalue weighted by Crippen LogP contribution is 2.43. The van der Waals surface area contributed by atoms with E-state index in [2.05, 4.69) is 19.2 Å². The van der Waals surface area contributed by atoms with Gasteiger partial charge in [0.1, 0.15) is 11.6 Å². The number of carbonyl (C=O) groups is 1. The fourth-order valence-corrected chi connectivity index (χ4v) is 4.74. The molecule has 1 amide bonds. The monoisotopic (exact) mass is 490 g/mol. The molecule has 0 aromatic heterocycles. The average Bonchev–Trinajstić information content (AvgIpc) is 2.88. The van der Waals surface area contributed by atoms with Gasteiger partial charge in [0.05, 0.1) is 12.7 Å². The number of benzene rings is 3.